The molecule has 4 heteroatoms. The predicted molar refractivity (Wildman–Crippen MR) is 57.5 cm³/mol. The minimum absolute atomic E-state index is 0.107. The van der Waals surface area contributed by atoms with Gasteiger partial charge in [0.2, 0.25) is 0 Å². The fourth-order valence-corrected chi connectivity index (χ4v) is 1.44. The molecule has 2 radical (unpaired) electrons. The van der Waals surface area contributed by atoms with Crippen LogP contribution in [0, 0.1) is 0 Å². The van der Waals surface area contributed by atoms with Crippen molar-refractivity contribution in [1.29, 1.82) is 0 Å². The number of rotatable bonds is 5. The van der Waals surface area contributed by atoms with Crippen LogP contribution in [0.15, 0.2) is 12.2 Å². The van der Waals surface area contributed by atoms with Gasteiger partial charge in [0.25, 0.3) is 0 Å². The number of hydrogen-bond acceptors (Lipinski definition) is 3. The standard InChI is InChI=1S/C10H18BNO2/c1-3-13-10(14-4-2)9-6-5-8(11)7-12-9/h5-6,8-10,12H,3-4,7H2,1-2H3. The van der Waals surface area contributed by atoms with Crippen LogP contribution < -0.4 is 5.32 Å². The van der Waals surface area contributed by atoms with E-state index in [0.29, 0.717) is 13.2 Å². The Morgan fingerprint density at radius 2 is 2.00 bits per heavy atom. The third kappa shape index (κ3) is 3.44. The van der Waals surface area contributed by atoms with Crippen LogP contribution in [0.1, 0.15) is 13.8 Å². The van der Waals surface area contributed by atoms with Crippen LogP contribution in [0.5, 0.6) is 0 Å². The summed E-state index contributed by atoms with van der Waals surface area (Å²) in [5, 5.41) is 3.28. The van der Waals surface area contributed by atoms with Crippen molar-refractivity contribution in [2.24, 2.45) is 0 Å². The van der Waals surface area contributed by atoms with E-state index < -0.39 is 0 Å². The van der Waals surface area contributed by atoms with Crippen LogP contribution in [0.2, 0.25) is 5.82 Å². The maximum absolute atomic E-state index is 5.71. The summed E-state index contributed by atoms with van der Waals surface area (Å²) in [5.74, 6) is 0.107. The number of ether oxygens (including phenoxy) is 2. The number of nitrogens with one attached hydrogen (secondary N) is 1. The summed E-state index contributed by atoms with van der Waals surface area (Å²) in [5.41, 5.74) is 0. The topological polar surface area (TPSA) is 30.5 Å². The summed E-state index contributed by atoms with van der Waals surface area (Å²) in [6.45, 7) is 6.01. The minimum Gasteiger partial charge on any atom is -0.351 e. The van der Waals surface area contributed by atoms with Gasteiger partial charge in [-0.3, -0.25) is 0 Å². The molecular weight excluding hydrogens is 177 g/mol. The van der Waals surface area contributed by atoms with Crippen LogP contribution in [0.3, 0.4) is 0 Å². The van der Waals surface area contributed by atoms with Gasteiger partial charge >= 0.3 is 0 Å². The van der Waals surface area contributed by atoms with E-state index in [2.05, 4.69) is 5.32 Å². The van der Waals surface area contributed by atoms with Gasteiger partial charge in [-0.1, -0.05) is 12.2 Å². The first kappa shape index (κ1) is 11.8. The highest BCUT2D eigenvalue weighted by molar-refractivity contribution is 6.13. The zero-order valence-electron chi connectivity index (χ0n) is 8.90. The quantitative estimate of drug-likeness (QED) is 0.401. The average molecular weight is 195 g/mol. The molecule has 1 heterocycles. The third-order valence-corrected chi connectivity index (χ3v) is 2.11. The monoisotopic (exact) mass is 195 g/mol. The Morgan fingerprint density at radius 1 is 1.36 bits per heavy atom. The molecule has 0 aromatic carbocycles. The molecular formula is C10H18BNO2. The second kappa shape index (κ2) is 6.22. The Hall–Kier alpha value is -0.315. The van der Waals surface area contributed by atoms with Gasteiger partial charge in [0.1, 0.15) is 0 Å². The molecule has 0 aromatic heterocycles. The highest BCUT2D eigenvalue weighted by Gasteiger charge is 2.22. The molecule has 0 saturated carbocycles. The van der Waals surface area contributed by atoms with Crippen molar-refractivity contribution >= 4 is 7.85 Å². The minimum atomic E-state index is -0.200. The Bertz CT molecular complexity index is 181. The lowest BCUT2D eigenvalue weighted by Gasteiger charge is -2.29. The first-order valence-electron chi connectivity index (χ1n) is 5.18. The van der Waals surface area contributed by atoms with Crippen molar-refractivity contribution in [3.05, 3.63) is 12.2 Å². The fourth-order valence-electron chi connectivity index (χ4n) is 1.44. The smallest absolute Gasteiger partial charge is 0.176 e. The SMILES string of the molecule is [B]C1C=CC(C(OCC)OCC)NC1. The molecule has 2 atom stereocenters. The Morgan fingerprint density at radius 3 is 2.43 bits per heavy atom. The normalized spacial score (nSPS) is 27.1. The van der Waals surface area contributed by atoms with E-state index in [0.717, 1.165) is 6.54 Å². The van der Waals surface area contributed by atoms with Crippen molar-refractivity contribution in [2.75, 3.05) is 19.8 Å². The van der Waals surface area contributed by atoms with Gasteiger partial charge in [-0.2, -0.15) is 0 Å². The van der Waals surface area contributed by atoms with Gasteiger partial charge < -0.3 is 14.8 Å². The molecule has 1 aliphatic heterocycles. The van der Waals surface area contributed by atoms with E-state index in [1.807, 2.05) is 26.0 Å². The highest BCUT2D eigenvalue weighted by atomic mass is 16.7. The van der Waals surface area contributed by atoms with E-state index in [-0.39, 0.29) is 18.1 Å². The summed E-state index contributed by atoms with van der Waals surface area (Å²) in [6, 6.07) is 0.120. The van der Waals surface area contributed by atoms with E-state index in [9.17, 15) is 0 Å². The first-order valence-corrected chi connectivity index (χ1v) is 5.18. The van der Waals surface area contributed by atoms with Crippen molar-refractivity contribution in [1.82, 2.24) is 5.32 Å². The van der Waals surface area contributed by atoms with Gasteiger partial charge in [0.15, 0.2) is 6.29 Å². The van der Waals surface area contributed by atoms with E-state index in [1.165, 1.54) is 0 Å². The van der Waals surface area contributed by atoms with Crippen LogP contribution in [0.4, 0.5) is 0 Å². The summed E-state index contributed by atoms with van der Waals surface area (Å²) in [4.78, 5) is 0. The second-order valence-corrected chi connectivity index (χ2v) is 3.26. The van der Waals surface area contributed by atoms with E-state index in [4.69, 9.17) is 17.3 Å². The lowest BCUT2D eigenvalue weighted by atomic mass is 9.84. The Labute approximate surface area is 87.3 Å². The molecule has 1 rings (SSSR count). The molecule has 2 unspecified atom stereocenters. The van der Waals surface area contributed by atoms with Gasteiger partial charge in [-0.05, 0) is 26.2 Å². The van der Waals surface area contributed by atoms with Crippen molar-refractivity contribution in [2.45, 2.75) is 32.0 Å². The highest BCUT2D eigenvalue weighted by Crippen LogP contribution is 2.12. The molecule has 0 aromatic rings. The molecule has 0 amide bonds. The molecule has 0 bridgehead atoms. The van der Waals surface area contributed by atoms with Gasteiger partial charge in [-0.25, -0.2) is 0 Å². The van der Waals surface area contributed by atoms with E-state index in [1.54, 1.807) is 0 Å². The summed E-state index contributed by atoms with van der Waals surface area (Å²) in [7, 11) is 5.71. The molecule has 0 spiro atoms. The number of hydrogen-bond donors (Lipinski definition) is 1. The predicted octanol–water partition coefficient (Wildman–Crippen LogP) is 0.870. The molecule has 0 aliphatic carbocycles. The van der Waals surface area contributed by atoms with Gasteiger partial charge in [-0.15, -0.1) is 0 Å². The van der Waals surface area contributed by atoms with Gasteiger partial charge in [0, 0.05) is 13.2 Å². The summed E-state index contributed by atoms with van der Waals surface area (Å²) >= 11 is 0. The molecule has 3 nitrogen and oxygen atoms in total. The zero-order chi connectivity index (χ0) is 10.4. The second-order valence-electron chi connectivity index (χ2n) is 3.26. The lowest BCUT2D eigenvalue weighted by molar-refractivity contribution is -0.146. The van der Waals surface area contributed by atoms with Crippen molar-refractivity contribution < 1.29 is 9.47 Å². The molecule has 14 heavy (non-hydrogen) atoms. The van der Waals surface area contributed by atoms with Crippen LogP contribution in [-0.2, 0) is 9.47 Å². The molecule has 0 saturated heterocycles. The maximum Gasteiger partial charge on any atom is 0.176 e. The van der Waals surface area contributed by atoms with Crippen molar-refractivity contribution in [3.63, 3.8) is 0 Å². The molecule has 78 valence electrons. The summed E-state index contributed by atoms with van der Waals surface area (Å²) < 4.78 is 11.0. The van der Waals surface area contributed by atoms with Gasteiger partial charge in [0.05, 0.1) is 13.9 Å². The van der Waals surface area contributed by atoms with Crippen LogP contribution in [-0.4, -0.2) is 39.9 Å². The fraction of sp³-hybridized carbons (Fsp3) is 0.800. The molecule has 1 N–H and O–H groups in total. The third-order valence-electron chi connectivity index (χ3n) is 2.11. The summed E-state index contributed by atoms with van der Waals surface area (Å²) in [6.07, 6.45) is 3.81. The molecule has 0 fully saturated rings. The maximum atomic E-state index is 5.71. The van der Waals surface area contributed by atoms with Crippen molar-refractivity contribution in [3.8, 4) is 0 Å². The van der Waals surface area contributed by atoms with Crippen LogP contribution >= 0.6 is 0 Å². The lowest BCUT2D eigenvalue weighted by Crippen LogP contribution is -2.44. The largest absolute Gasteiger partial charge is 0.351 e. The first-order chi connectivity index (χ1) is 6.77. The Balaban J connectivity index is 2.46. The Kier molecular flexibility index (Phi) is 5.23. The average Bonchev–Trinajstić information content (AvgIpc) is 2.19. The zero-order valence-corrected chi connectivity index (χ0v) is 8.90. The van der Waals surface area contributed by atoms with Crippen LogP contribution in [0.25, 0.3) is 0 Å². The molecule has 1 aliphatic rings. The van der Waals surface area contributed by atoms with E-state index >= 15 is 0 Å².